The normalized spacial score (nSPS) is 11.2. The summed E-state index contributed by atoms with van der Waals surface area (Å²) in [6.07, 6.45) is 0. The number of hydrogen-bond acceptors (Lipinski definition) is 0. The molecule has 0 N–H and O–H groups in total. The smallest absolute Gasteiger partial charge is 0.00986 e. The Balaban J connectivity index is 1.18. The van der Waals surface area contributed by atoms with Crippen LogP contribution in [0, 0.1) is 0 Å². The average Bonchev–Trinajstić information content (AvgIpc) is 3.21. The van der Waals surface area contributed by atoms with Crippen LogP contribution in [0.25, 0.3) is 88.3 Å². The van der Waals surface area contributed by atoms with Crippen molar-refractivity contribution in [2.45, 2.75) is 0 Å². The molecule has 9 aromatic rings. The first-order valence-electron chi connectivity index (χ1n) is 17.3. The molecule has 0 aliphatic rings. The van der Waals surface area contributed by atoms with E-state index in [0.29, 0.717) is 0 Å². The number of rotatable bonds is 6. The van der Waals surface area contributed by atoms with Gasteiger partial charge >= 0.3 is 0 Å². The van der Waals surface area contributed by atoms with Gasteiger partial charge in [0.05, 0.1) is 0 Å². The highest BCUT2D eigenvalue weighted by Crippen LogP contribution is 2.41. The Morgan fingerprint density at radius 3 is 1.02 bits per heavy atom. The summed E-state index contributed by atoms with van der Waals surface area (Å²) in [7, 11) is 0. The molecule has 0 aromatic heterocycles. The van der Waals surface area contributed by atoms with E-state index in [1.807, 2.05) is 0 Å². The molecule has 0 unspecified atom stereocenters. The summed E-state index contributed by atoms with van der Waals surface area (Å²) in [4.78, 5) is 0. The van der Waals surface area contributed by atoms with Gasteiger partial charge in [0, 0.05) is 0 Å². The Kier molecular flexibility index (Phi) is 7.61. The lowest BCUT2D eigenvalue weighted by Crippen LogP contribution is -1.90. The number of hydrogen-bond donors (Lipinski definition) is 0. The van der Waals surface area contributed by atoms with Crippen LogP contribution in [0.15, 0.2) is 206 Å². The van der Waals surface area contributed by atoms with E-state index in [1.54, 1.807) is 0 Å². The summed E-state index contributed by atoms with van der Waals surface area (Å²) in [6, 6.07) is 74.9. The van der Waals surface area contributed by atoms with Gasteiger partial charge in [-0.05, 0) is 100 Å². The third-order valence-corrected chi connectivity index (χ3v) is 9.92. The highest BCUT2D eigenvalue weighted by atomic mass is 14.2. The average molecular weight is 635 g/mol. The van der Waals surface area contributed by atoms with Crippen molar-refractivity contribution in [1.29, 1.82) is 0 Å². The second-order valence-corrected chi connectivity index (χ2v) is 12.9. The zero-order valence-corrected chi connectivity index (χ0v) is 27.6. The molecule has 50 heavy (non-hydrogen) atoms. The van der Waals surface area contributed by atoms with E-state index in [4.69, 9.17) is 0 Å². The highest BCUT2D eigenvalue weighted by molar-refractivity contribution is 6.14. The van der Waals surface area contributed by atoms with Crippen molar-refractivity contribution in [3.05, 3.63) is 206 Å². The van der Waals surface area contributed by atoms with Gasteiger partial charge in [-0.15, -0.1) is 0 Å². The predicted octanol–water partition coefficient (Wildman–Crippen LogP) is 14.0. The maximum absolute atomic E-state index is 2.41. The van der Waals surface area contributed by atoms with Gasteiger partial charge in [-0.1, -0.05) is 194 Å². The molecule has 0 fully saturated rings. The predicted molar refractivity (Wildman–Crippen MR) is 214 cm³/mol. The van der Waals surface area contributed by atoms with Crippen LogP contribution >= 0.6 is 0 Å². The fraction of sp³-hybridized carbons (Fsp3) is 0. The maximum atomic E-state index is 2.41. The molecule has 0 nitrogen and oxygen atoms in total. The van der Waals surface area contributed by atoms with Gasteiger partial charge in [-0.25, -0.2) is 0 Å². The van der Waals surface area contributed by atoms with E-state index in [2.05, 4.69) is 206 Å². The lowest BCUT2D eigenvalue weighted by Gasteiger charge is -2.16. The van der Waals surface area contributed by atoms with Crippen LogP contribution in [-0.2, 0) is 0 Å². The second kappa shape index (κ2) is 12.8. The fourth-order valence-corrected chi connectivity index (χ4v) is 7.29. The molecular weight excluding hydrogens is 601 g/mol. The fourth-order valence-electron chi connectivity index (χ4n) is 7.29. The van der Waals surface area contributed by atoms with E-state index in [0.717, 1.165) is 0 Å². The SMILES string of the molecule is c1ccc(-c2ccc(-c3cc4ccc5c(-c6ccc(-c7ccccc7)cc6)cccc5c4cc3-c3ccc(-c4ccccc4)cc3)cc2)cc1. The monoisotopic (exact) mass is 634 g/mol. The quantitative estimate of drug-likeness (QED) is 0.160. The molecule has 0 amide bonds. The van der Waals surface area contributed by atoms with Crippen molar-refractivity contribution in [2.24, 2.45) is 0 Å². The summed E-state index contributed by atoms with van der Waals surface area (Å²) in [5.41, 5.74) is 14.7. The minimum atomic E-state index is 1.21. The van der Waals surface area contributed by atoms with Crippen LogP contribution in [0.4, 0.5) is 0 Å². The number of fused-ring (bicyclic) bond motifs is 3. The summed E-state index contributed by atoms with van der Waals surface area (Å²) >= 11 is 0. The molecular formula is C50H34. The molecule has 0 saturated carbocycles. The van der Waals surface area contributed by atoms with Crippen LogP contribution in [0.2, 0.25) is 0 Å². The topological polar surface area (TPSA) is 0 Å². The minimum absolute atomic E-state index is 1.21. The molecule has 0 heteroatoms. The molecule has 9 rings (SSSR count). The molecule has 0 saturated heterocycles. The maximum Gasteiger partial charge on any atom is -0.00986 e. The number of benzene rings is 9. The molecule has 0 atom stereocenters. The van der Waals surface area contributed by atoms with Crippen molar-refractivity contribution in [2.75, 3.05) is 0 Å². The van der Waals surface area contributed by atoms with Crippen molar-refractivity contribution in [3.8, 4) is 66.8 Å². The van der Waals surface area contributed by atoms with Crippen LogP contribution in [0.1, 0.15) is 0 Å². The van der Waals surface area contributed by atoms with Gasteiger partial charge in [0.2, 0.25) is 0 Å². The summed E-state index contributed by atoms with van der Waals surface area (Å²) < 4.78 is 0. The lowest BCUT2D eigenvalue weighted by atomic mass is 9.87. The Hall–Kier alpha value is -6.50. The van der Waals surface area contributed by atoms with Crippen molar-refractivity contribution >= 4 is 21.5 Å². The summed E-state index contributed by atoms with van der Waals surface area (Å²) in [5.74, 6) is 0. The first-order chi connectivity index (χ1) is 24.8. The van der Waals surface area contributed by atoms with E-state index in [9.17, 15) is 0 Å². The largest absolute Gasteiger partial charge is 0.0622 e. The van der Waals surface area contributed by atoms with Gasteiger partial charge in [0.1, 0.15) is 0 Å². The van der Waals surface area contributed by atoms with Gasteiger partial charge in [0.25, 0.3) is 0 Å². The van der Waals surface area contributed by atoms with E-state index in [1.165, 1.54) is 88.3 Å². The van der Waals surface area contributed by atoms with Crippen LogP contribution < -0.4 is 0 Å². The molecule has 0 bridgehead atoms. The molecule has 0 spiro atoms. The third kappa shape index (κ3) is 5.57. The second-order valence-electron chi connectivity index (χ2n) is 12.9. The van der Waals surface area contributed by atoms with E-state index >= 15 is 0 Å². The standard InChI is InChI=1S/C50H34/c1-4-11-35(12-5-1)38-19-25-41(26-20-38)45-17-10-18-46-47(45)32-31-44-33-48(42-27-21-39(22-28-42)36-13-6-2-7-14-36)49(34-50(44)46)43-29-23-40(24-30-43)37-15-8-3-9-16-37/h1-34H. The molecule has 0 aliphatic heterocycles. The van der Waals surface area contributed by atoms with Crippen LogP contribution in [-0.4, -0.2) is 0 Å². The Morgan fingerprint density at radius 2 is 0.560 bits per heavy atom. The Morgan fingerprint density at radius 1 is 0.180 bits per heavy atom. The Labute approximate surface area is 293 Å². The minimum Gasteiger partial charge on any atom is -0.0622 e. The van der Waals surface area contributed by atoms with Crippen molar-refractivity contribution in [3.63, 3.8) is 0 Å². The van der Waals surface area contributed by atoms with Crippen LogP contribution in [0.5, 0.6) is 0 Å². The third-order valence-electron chi connectivity index (χ3n) is 9.92. The highest BCUT2D eigenvalue weighted by Gasteiger charge is 2.14. The first-order valence-corrected chi connectivity index (χ1v) is 17.3. The van der Waals surface area contributed by atoms with Gasteiger partial charge in [-0.3, -0.25) is 0 Å². The van der Waals surface area contributed by atoms with E-state index in [-0.39, 0.29) is 0 Å². The van der Waals surface area contributed by atoms with Gasteiger partial charge in [0.15, 0.2) is 0 Å². The van der Waals surface area contributed by atoms with Gasteiger partial charge < -0.3 is 0 Å². The molecule has 234 valence electrons. The zero-order valence-electron chi connectivity index (χ0n) is 27.6. The van der Waals surface area contributed by atoms with Crippen molar-refractivity contribution < 1.29 is 0 Å². The Bertz CT molecular complexity index is 2560. The summed E-state index contributed by atoms with van der Waals surface area (Å²) in [5, 5.41) is 5.02. The molecule has 0 aliphatic carbocycles. The molecule has 0 heterocycles. The molecule has 9 aromatic carbocycles. The summed E-state index contributed by atoms with van der Waals surface area (Å²) in [6.45, 7) is 0. The van der Waals surface area contributed by atoms with Crippen LogP contribution in [0.3, 0.4) is 0 Å². The van der Waals surface area contributed by atoms with Gasteiger partial charge in [-0.2, -0.15) is 0 Å². The zero-order chi connectivity index (χ0) is 33.3. The first kappa shape index (κ1) is 29.6. The van der Waals surface area contributed by atoms with Crippen molar-refractivity contribution in [1.82, 2.24) is 0 Å². The lowest BCUT2D eigenvalue weighted by molar-refractivity contribution is 1.58. The molecule has 0 radical (unpaired) electrons. The van der Waals surface area contributed by atoms with E-state index < -0.39 is 0 Å².